The molecule has 0 radical (unpaired) electrons. The number of aldehydes is 1. The summed E-state index contributed by atoms with van der Waals surface area (Å²) in [4.78, 5) is 19.6. The van der Waals surface area contributed by atoms with Crippen LogP contribution in [0.5, 0.6) is 0 Å². The number of aromatic nitrogens is 1. The summed E-state index contributed by atoms with van der Waals surface area (Å²) in [6.07, 6.45) is 3.04. The van der Waals surface area contributed by atoms with Crippen LogP contribution < -0.4 is 4.90 Å². The van der Waals surface area contributed by atoms with Gasteiger partial charge in [0, 0.05) is 34.4 Å². The fourth-order valence-electron chi connectivity index (χ4n) is 3.44. The molecular formula is C20H20N2O2S. The highest BCUT2D eigenvalue weighted by atomic mass is 32.1. The maximum absolute atomic E-state index is 11.7. The Hall–Kier alpha value is -2.24. The second-order valence-corrected chi connectivity index (χ2v) is 7.65. The van der Waals surface area contributed by atoms with Gasteiger partial charge in [0.05, 0.1) is 17.8 Å². The van der Waals surface area contributed by atoms with Crippen molar-refractivity contribution in [2.45, 2.75) is 26.1 Å². The molecule has 1 saturated heterocycles. The molecule has 2 atom stereocenters. The molecule has 25 heavy (non-hydrogen) atoms. The van der Waals surface area contributed by atoms with Gasteiger partial charge in [0.15, 0.2) is 6.29 Å². The minimum absolute atomic E-state index is 0.132. The lowest BCUT2D eigenvalue weighted by Gasteiger charge is -2.36. The highest BCUT2D eigenvalue weighted by molar-refractivity contribution is 7.22. The Morgan fingerprint density at radius 3 is 2.68 bits per heavy atom. The average Bonchev–Trinajstić information content (AvgIpc) is 3.04. The first-order valence-corrected chi connectivity index (χ1v) is 9.30. The van der Waals surface area contributed by atoms with Crippen molar-refractivity contribution in [2.24, 2.45) is 0 Å². The van der Waals surface area contributed by atoms with E-state index in [1.807, 2.05) is 24.4 Å². The van der Waals surface area contributed by atoms with Gasteiger partial charge in [-0.1, -0.05) is 18.2 Å². The van der Waals surface area contributed by atoms with Gasteiger partial charge in [-0.15, -0.1) is 11.3 Å². The van der Waals surface area contributed by atoms with Crippen LogP contribution in [0, 0.1) is 0 Å². The first-order chi connectivity index (χ1) is 12.1. The van der Waals surface area contributed by atoms with E-state index in [0.29, 0.717) is 5.56 Å². The van der Waals surface area contributed by atoms with Crippen LogP contribution in [0.25, 0.3) is 20.5 Å². The molecule has 0 saturated carbocycles. The third kappa shape index (κ3) is 3.17. The summed E-state index contributed by atoms with van der Waals surface area (Å²) in [6, 6.07) is 12.4. The number of hydrogen-bond donors (Lipinski definition) is 0. The second-order valence-electron chi connectivity index (χ2n) is 6.57. The van der Waals surface area contributed by atoms with Gasteiger partial charge in [-0.25, -0.2) is 4.98 Å². The minimum Gasteiger partial charge on any atom is -0.372 e. The summed E-state index contributed by atoms with van der Waals surface area (Å²) < 4.78 is 7.02. The zero-order valence-electron chi connectivity index (χ0n) is 14.3. The number of carbonyl (C=O) groups is 1. The van der Waals surface area contributed by atoms with Crippen LogP contribution in [-0.4, -0.2) is 36.6 Å². The molecule has 1 aliphatic rings. The standard InChI is InChI=1S/C20H20N2O2S/c1-13-10-22(11-14(2)24-13)20-17(12-23)7-16(9-21-20)19-8-15-5-3-4-6-18(15)25-19/h3-9,12-14H,10-11H2,1-2H3. The number of carbonyl (C=O) groups excluding carboxylic acids is 1. The highest BCUT2D eigenvalue weighted by Gasteiger charge is 2.25. The van der Waals surface area contributed by atoms with Gasteiger partial charge in [-0.2, -0.15) is 0 Å². The summed E-state index contributed by atoms with van der Waals surface area (Å²) in [5.74, 6) is 0.752. The number of pyridine rings is 1. The molecule has 0 spiro atoms. The van der Waals surface area contributed by atoms with Crippen LogP contribution in [-0.2, 0) is 4.74 Å². The highest BCUT2D eigenvalue weighted by Crippen LogP contribution is 2.34. The molecule has 0 aliphatic carbocycles. The molecule has 1 aliphatic heterocycles. The molecular weight excluding hydrogens is 332 g/mol. The van der Waals surface area contributed by atoms with E-state index in [4.69, 9.17) is 4.74 Å². The number of benzene rings is 1. The van der Waals surface area contributed by atoms with Gasteiger partial charge in [0.2, 0.25) is 0 Å². The predicted molar refractivity (Wildman–Crippen MR) is 103 cm³/mol. The fraction of sp³-hybridized carbons (Fsp3) is 0.300. The molecule has 5 heteroatoms. The van der Waals surface area contributed by atoms with Crippen LogP contribution >= 0.6 is 11.3 Å². The Bertz CT molecular complexity index is 878. The molecule has 2 unspecified atom stereocenters. The van der Waals surface area contributed by atoms with Crippen LogP contribution in [0.2, 0.25) is 0 Å². The molecule has 2 aromatic heterocycles. The Kier molecular flexibility index (Phi) is 4.27. The molecule has 3 heterocycles. The molecule has 128 valence electrons. The number of ether oxygens (including phenoxy) is 1. The van der Waals surface area contributed by atoms with E-state index in [-0.39, 0.29) is 12.2 Å². The van der Waals surface area contributed by atoms with Crippen molar-refractivity contribution in [2.75, 3.05) is 18.0 Å². The van der Waals surface area contributed by atoms with Crippen molar-refractivity contribution in [1.82, 2.24) is 4.98 Å². The van der Waals surface area contributed by atoms with Gasteiger partial charge >= 0.3 is 0 Å². The maximum atomic E-state index is 11.7. The zero-order valence-corrected chi connectivity index (χ0v) is 15.1. The lowest BCUT2D eigenvalue weighted by molar-refractivity contribution is -0.00549. The van der Waals surface area contributed by atoms with Gasteiger partial charge in [-0.3, -0.25) is 4.79 Å². The summed E-state index contributed by atoms with van der Waals surface area (Å²) in [5, 5.41) is 1.22. The van der Waals surface area contributed by atoms with Crippen molar-refractivity contribution < 1.29 is 9.53 Å². The van der Waals surface area contributed by atoms with E-state index < -0.39 is 0 Å². The predicted octanol–water partition coefficient (Wildman–Crippen LogP) is 4.39. The summed E-state index contributed by atoms with van der Waals surface area (Å²) in [6.45, 7) is 5.60. The fourth-order valence-corrected chi connectivity index (χ4v) is 4.48. The van der Waals surface area contributed by atoms with Crippen molar-refractivity contribution in [1.29, 1.82) is 0 Å². The maximum Gasteiger partial charge on any atom is 0.153 e. The first kappa shape index (κ1) is 16.2. The van der Waals surface area contributed by atoms with E-state index >= 15 is 0 Å². The number of morpholine rings is 1. The van der Waals surface area contributed by atoms with Crippen molar-refractivity contribution >= 4 is 33.5 Å². The van der Waals surface area contributed by atoms with Gasteiger partial charge < -0.3 is 9.64 Å². The Morgan fingerprint density at radius 2 is 1.96 bits per heavy atom. The molecule has 3 aromatic rings. The van der Waals surface area contributed by atoms with Crippen LogP contribution in [0.4, 0.5) is 5.82 Å². The molecule has 1 aromatic carbocycles. The summed E-state index contributed by atoms with van der Waals surface area (Å²) in [7, 11) is 0. The SMILES string of the molecule is CC1CN(c2ncc(-c3cc4ccccc4s3)cc2C=O)CC(C)O1. The number of rotatable bonds is 3. The molecule has 0 bridgehead atoms. The van der Waals surface area contributed by atoms with E-state index in [0.717, 1.165) is 35.6 Å². The van der Waals surface area contributed by atoms with Crippen molar-refractivity contribution in [3.8, 4) is 10.4 Å². The zero-order chi connectivity index (χ0) is 17.4. The largest absolute Gasteiger partial charge is 0.372 e. The van der Waals surface area contributed by atoms with Gasteiger partial charge in [0.25, 0.3) is 0 Å². The Balaban J connectivity index is 1.71. The molecule has 0 N–H and O–H groups in total. The second kappa shape index (κ2) is 6.58. The number of anilines is 1. The van der Waals surface area contributed by atoms with Crippen molar-refractivity contribution in [3.05, 3.63) is 48.2 Å². The number of thiophene rings is 1. The quantitative estimate of drug-likeness (QED) is 0.656. The lowest BCUT2D eigenvalue weighted by atomic mass is 10.1. The Labute approximate surface area is 151 Å². The molecule has 0 amide bonds. The number of nitrogens with zero attached hydrogens (tertiary/aromatic N) is 2. The average molecular weight is 352 g/mol. The van der Waals surface area contributed by atoms with Crippen LogP contribution in [0.15, 0.2) is 42.6 Å². The van der Waals surface area contributed by atoms with Gasteiger partial charge in [0.1, 0.15) is 5.82 Å². The minimum atomic E-state index is 0.132. The lowest BCUT2D eigenvalue weighted by Crippen LogP contribution is -2.46. The Morgan fingerprint density at radius 1 is 1.20 bits per heavy atom. The number of fused-ring (bicyclic) bond motifs is 1. The molecule has 1 fully saturated rings. The smallest absolute Gasteiger partial charge is 0.153 e. The van der Waals surface area contributed by atoms with E-state index in [2.05, 4.69) is 41.9 Å². The first-order valence-electron chi connectivity index (χ1n) is 8.48. The number of hydrogen-bond acceptors (Lipinski definition) is 5. The molecule has 4 nitrogen and oxygen atoms in total. The van der Waals surface area contributed by atoms with Crippen molar-refractivity contribution in [3.63, 3.8) is 0 Å². The van der Waals surface area contributed by atoms with Gasteiger partial charge in [-0.05, 0) is 37.4 Å². The van der Waals surface area contributed by atoms with E-state index in [9.17, 15) is 4.79 Å². The van der Waals surface area contributed by atoms with Crippen LogP contribution in [0.1, 0.15) is 24.2 Å². The van der Waals surface area contributed by atoms with Crippen LogP contribution in [0.3, 0.4) is 0 Å². The topological polar surface area (TPSA) is 42.4 Å². The van der Waals surface area contributed by atoms with E-state index in [1.54, 1.807) is 11.3 Å². The normalized spacial score (nSPS) is 20.8. The molecule has 4 rings (SSSR count). The summed E-state index contributed by atoms with van der Waals surface area (Å²) in [5.41, 5.74) is 1.62. The third-order valence-corrected chi connectivity index (χ3v) is 5.62. The third-order valence-electron chi connectivity index (χ3n) is 4.45. The summed E-state index contributed by atoms with van der Waals surface area (Å²) >= 11 is 1.72. The monoisotopic (exact) mass is 352 g/mol. The van der Waals surface area contributed by atoms with E-state index in [1.165, 1.54) is 10.1 Å².